The summed E-state index contributed by atoms with van der Waals surface area (Å²) in [6, 6.07) is 0. The second-order valence-corrected chi connectivity index (χ2v) is 28.6. The Morgan fingerprint density at radius 3 is 1.72 bits per heavy atom. The van der Waals surface area contributed by atoms with Crippen LogP contribution in [0.3, 0.4) is 0 Å². The maximum atomic E-state index is 11.5. The molecule has 0 spiro atoms. The van der Waals surface area contributed by atoms with Crippen LogP contribution in [0.5, 0.6) is 0 Å². The highest BCUT2D eigenvalue weighted by Crippen LogP contribution is 2.33. The molecule has 0 amide bonds. The Morgan fingerprint density at radius 1 is 0.546 bits per heavy atom. The van der Waals surface area contributed by atoms with Gasteiger partial charge in [0.25, 0.3) is 0 Å². The van der Waals surface area contributed by atoms with Crippen molar-refractivity contribution in [1.82, 2.24) is 0 Å². The summed E-state index contributed by atoms with van der Waals surface area (Å²) in [5.74, 6) is -1.98. The zero-order chi connectivity index (χ0) is 73.1. The van der Waals surface area contributed by atoms with Crippen LogP contribution in [0.1, 0.15) is 194 Å². The van der Waals surface area contributed by atoms with E-state index in [4.69, 9.17) is 18.8 Å². The first-order valence-corrected chi connectivity index (χ1v) is 36.5. The van der Waals surface area contributed by atoms with Crippen molar-refractivity contribution in [3.8, 4) is 0 Å². The molecule has 0 bridgehead atoms. The average Bonchev–Trinajstić information content (AvgIpc) is 0.817. The molecule has 2 aliphatic rings. The molecule has 2 saturated heterocycles. The molecule has 22 N–H and O–H groups in total. The Morgan fingerprint density at radius 2 is 1.11 bits per heavy atom. The van der Waals surface area contributed by atoms with Crippen molar-refractivity contribution in [1.29, 1.82) is 0 Å². The lowest BCUT2D eigenvalue weighted by Crippen LogP contribution is -2.61. The minimum absolute atomic E-state index is 0.0288. The fourth-order valence-electron chi connectivity index (χ4n) is 12.6. The zero-order valence-corrected chi connectivity index (χ0v) is 58.0. The SMILES string of the molecule is C=CC=CCCCCCCCCCCC=CC(O)C(O)C1OC(C(O)C(O)C(=C)CCC(O)C2OC(CC(O)C(O)C(C)CCCC(O)C(O)C(O)C(C)CCC(O)C(O)C(C)CC(O)CCCC(CCCC(O)C=CCC(O)CO)OS(=O)(=O)O)C(O)C(O)C2O)CC(O)C1O. The van der Waals surface area contributed by atoms with Crippen molar-refractivity contribution in [2.45, 2.75) is 347 Å². The van der Waals surface area contributed by atoms with E-state index in [1.165, 1.54) is 31.1 Å². The number of hydrogen-bond acceptors (Lipinski definition) is 26. The predicted octanol–water partition coefficient (Wildman–Crippen LogP) is 0.771. The molecule has 28 unspecified atom stereocenters. The summed E-state index contributed by atoms with van der Waals surface area (Å²) in [7, 11) is -4.81. The van der Waals surface area contributed by atoms with Crippen LogP contribution >= 0.6 is 0 Å². The summed E-state index contributed by atoms with van der Waals surface area (Å²) in [6.45, 7) is 11.8. The predicted molar refractivity (Wildman–Crippen MR) is 360 cm³/mol. The number of hydrogen-bond donors (Lipinski definition) is 22. The van der Waals surface area contributed by atoms with Crippen LogP contribution in [0.15, 0.2) is 61.3 Å². The summed E-state index contributed by atoms with van der Waals surface area (Å²) in [5.41, 5.74) is -0.0510. The second kappa shape index (κ2) is 48.6. The molecule has 97 heavy (non-hydrogen) atoms. The highest BCUT2D eigenvalue weighted by atomic mass is 32.3. The standard InChI is InChI=1S/C69H126O27S/c1-6-7-8-9-10-11-12-13-14-15-16-17-18-19-31-50(75)62(85)69-63(86)54(79)39-55(95-69)64(87)60(83)43(4)34-36-52(77)68-67(90)66(89)65(88)56(94-68)38-53(78)57(80)41(2)24-20-32-49(74)61(84)59(82)42(3)33-35-51(76)58(81)44(5)37-46(72)27-23-30-48(96-97(91,92)93)29-22-26-45(71)25-21-28-47(73)40-70/h6-8,19,21,25,31,41-42,44-90H,1,4,9-18,20,22-24,26-30,32-40H2,2-3,5H3,(H,91,92,93). The van der Waals surface area contributed by atoms with E-state index in [1.807, 2.05) is 6.08 Å². The number of unbranched alkanes of at least 4 members (excludes halogenated alkanes) is 9. The third kappa shape index (κ3) is 34.7. The van der Waals surface area contributed by atoms with E-state index in [0.717, 1.165) is 44.9 Å². The third-order valence-corrected chi connectivity index (χ3v) is 19.6. The molecule has 0 aromatic heterocycles. The van der Waals surface area contributed by atoms with E-state index in [0.29, 0.717) is 12.8 Å². The van der Waals surface area contributed by atoms with Gasteiger partial charge in [0.2, 0.25) is 0 Å². The lowest BCUT2D eigenvalue weighted by Gasteiger charge is -2.43. The van der Waals surface area contributed by atoms with Crippen LogP contribution < -0.4 is 0 Å². The van der Waals surface area contributed by atoms with Crippen molar-refractivity contribution < 1.29 is 134 Å². The quantitative estimate of drug-likeness (QED) is 0.0173. The van der Waals surface area contributed by atoms with E-state index >= 15 is 0 Å². The Balaban J connectivity index is 1.81. The molecule has 0 aromatic carbocycles. The van der Waals surface area contributed by atoms with Gasteiger partial charge in [-0.2, -0.15) is 8.42 Å². The summed E-state index contributed by atoms with van der Waals surface area (Å²) in [4.78, 5) is 0. The number of aliphatic hydroxyl groups excluding tert-OH is 21. The molecular weight excluding hydrogens is 1290 g/mol. The van der Waals surface area contributed by atoms with Gasteiger partial charge >= 0.3 is 10.4 Å². The smallest absolute Gasteiger partial charge is 0.394 e. The van der Waals surface area contributed by atoms with Crippen molar-refractivity contribution >= 4 is 10.4 Å². The molecule has 0 radical (unpaired) electrons. The van der Waals surface area contributed by atoms with E-state index in [2.05, 4.69) is 19.2 Å². The highest BCUT2D eigenvalue weighted by molar-refractivity contribution is 7.80. The largest absolute Gasteiger partial charge is 0.397 e. The van der Waals surface area contributed by atoms with Gasteiger partial charge in [0.05, 0.1) is 92.1 Å². The fourth-order valence-corrected chi connectivity index (χ4v) is 13.1. The van der Waals surface area contributed by atoms with Crippen molar-refractivity contribution in [3.05, 3.63) is 61.3 Å². The highest BCUT2D eigenvalue weighted by Gasteiger charge is 2.49. The first-order valence-electron chi connectivity index (χ1n) is 35.1. The maximum Gasteiger partial charge on any atom is 0.397 e. The number of aliphatic hydroxyl groups is 21. The lowest BCUT2D eigenvalue weighted by molar-refractivity contribution is -0.250. The average molecular weight is 1420 g/mol. The van der Waals surface area contributed by atoms with Gasteiger partial charge in [-0.3, -0.25) is 4.55 Å². The monoisotopic (exact) mass is 1420 g/mol. The normalized spacial score (nSPS) is 27.4. The van der Waals surface area contributed by atoms with Gasteiger partial charge in [-0.25, -0.2) is 4.18 Å². The van der Waals surface area contributed by atoms with E-state index in [9.17, 15) is 115 Å². The second-order valence-electron chi connectivity index (χ2n) is 27.5. The van der Waals surface area contributed by atoms with Crippen LogP contribution in [0.4, 0.5) is 0 Å². The van der Waals surface area contributed by atoms with Crippen molar-refractivity contribution in [2.75, 3.05) is 6.61 Å². The minimum Gasteiger partial charge on any atom is -0.394 e. The van der Waals surface area contributed by atoms with Gasteiger partial charge in [-0.05, 0) is 139 Å². The first kappa shape index (κ1) is 90.7. The number of ether oxygens (including phenoxy) is 2. The van der Waals surface area contributed by atoms with Crippen LogP contribution in [-0.2, 0) is 24.1 Å². The van der Waals surface area contributed by atoms with Crippen molar-refractivity contribution in [2.24, 2.45) is 17.8 Å². The molecule has 0 saturated carbocycles. The number of allylic oxidation sites excluding steroid dienone is 4. The van der Waals surface area contributed by atoms with Gasteiger partial charge in [0.1, 0.15) is 67.1 Å². The maximum absolute atomic E-state index is 11.5. The fraction of sp³-hybridized carbons (Fsp3) is 0.855. The van der Waals surface area contributed by atoms with Crippen molar-refractivity contribution in [3.63, 3.8) is 0 Å². The summed E-state index contributed by atoms with van der Waals surface area (Å²) in [6.07, 6.45) is -14.4. The van der Waals surface area contributed by atoms with E-state index in [1.54, 1.807) is 32.9 Å². The van der Waals surface area contributed by atoms with Crippen LogP contribution in [0.2, 0.25) is 0 Å². The Hall–Kier alpha value is -2.35. The molecule has 28 heteroatoms. The molecule has 0 aromatic rings. The van der Waals surface area contributed by atoms with Gasteiger partial charge in [0.15, 0.2) is 0 Å². The Bertz CT molecular complexity index is 2280. The van der Waals surface area contributed by atoms with Gasteiger partial charge in [0, 0.05) is 12.8 Å². The molecular formula is C69H126O27S. The molecule has 2 aliphatic heterocycles. The summed E-state index contributed by atoms with van der Waals surface area (Å²) < 4.78 is 48.6. The third-order valence-electron chi connectivity index (χ3n) is 19.1. The van der Waals surface area contributed by atoms with Gasteiger partial charge in [-0.15, -0.1) is 0 Å². The van der Waals surface area contributed by atoms with Crippen LogP contribution in [-0.4, -0.2) is 279 Å². The molecule has 2 rings (SSSR count). The molecule has 570 valence electrons. The Kier molecular flexibility index (Phi) is 45.4. The topological polar surface area (TPSA) is 507 Å². The summed E-state index contributed by atoms with van der Waals surface area (Å²) >= 11 is 0. The molecule has 2 fully saturated rings. The van der Waals surface area contributed by atoms with Gasteiger partial charge < -0.3 is 117 Å². The van der Waals surface area contributed by atoms with Crippen LogP contribution in [0, 0.1) is 17.8 Å². The lowest BCUT2D eigenvalue weighted by atomic mass is 9.85. The summed E-state index contributed by atoms with van der Waals surface area (Å²) in [5, 5.41) is 225. The molecule has 0 aliphatic carbocycles. The zero-order valence-electron chi connectivity index (χ0n) is 57.2. The first-order chi connectivity index (χ1) is 45.7. The minimum atomic E-state index is -4.81. The number of rotatable bonds is 54. The molecule has 27 nitrogen and oxygen atoms in total. The molecule has 2 heterocycles. The Labute approximate surface area is 574 Å². The van der Waals surface area contributed by atoms with E-state index in [-0.39, 0.29) is 102 Å². The van der Waals surface area contributed by atoms with Crippen LogP contribution in [0.25, 0.3) is 0 Å². The molecule has 28 atom stereocenters. The van der Waals surface area contributed by atoms with E-state index < -0.39 is 194 Å². The van der Waals surface area contributed by atoms with Gasteiger partial charge in [-0.1, -0.05) is 121 Å².